The number of sulfonamides is 1. The van der Waals surface area contributed by atoms with Crippen LogP contribution in [0.25, 0.3) is 44.8 Å². The summed E-state index contributed by atoms with van der Waals surface area (Å²) in [6.45, 7) is 0. The first-order valence-corrected chi connectivity index (χ1v) is 11.1. The molecule has 5 aromatic heterocycles. The maximum atomic E-state index is 11.7. The van der Waals surface area contributed by atoms with Gasteiger partial charge in [0.25, 0.3) is 5.91 Å². The van der Waals surface area contributed by atoms with Crippen LogP contribution in [0, 0.1) is 0 Å². The van der Waals surface area contributed by atoms with Gasteiger partial charge in [0.1, 0.15) is 11.2 Å². The van der Waals surface area contributed by atoms with Crippen molar-refractivity contribution in [3.63, 3.8) is 0 Å². The molecule has 160 valence electrons. The Balaban J connectivity index is 1.61. The number of imidazole rings is 1. The molecule has 0 fully saturated rings. The number of fused-ring (bicyclic) bond motifs is 2. The minimum atomic E-state index is -3.44. The van der Waals surface area contributed by atoms with Gasteiger partial charge in [0.15, 0.2) is 17.1 Å². The van der Waals surface area contributed by atoms with Crippen LogP contribution in [-0.2, 0) is 10.0 Å². The lowest BCUT2D eigenvalue weighted by molar-refractivity contribution is 0.100. The van der Waals surface area contributed by atoms with Gasteiger partial charge < -0.3 is 10.7 Å². The Morgan fingerprint density at radius 1 is 1.09 bits per heavy atom. The third-order valence-electron chi connectivity index (χ3n) is 4.67. The summed E-state index contributed by atoms with van der Waals surface area (Å²) in [7, 11) is -3.44. The van der Waals surface area contributed by atoms with Gasteiger partial charge in [0.2, 0.25) is 10.0 Å². The summed E-state index contributed by atoms with van der Waals surface area (Å²) in [6, 6.07) is 4.99. The summed E-state index contributed by atoms with van der Waals surface area (Å²) in [6.07, 6.45) is 7.17. The zero-order valence-electron chi connectivity index (χ0n) is 16.5. The number of rotatable bonds is 5. The van der Waals surface area contributed by atoms with Crippen molar-refractivity contribution in [2.45, 2.75) is 0 Å². The lowest BCUT2D eigenvalue weighted by Crippen LogP contribution is -2.11. The van der Waals surface area contributed by atoms with Crippen LogP contribution in [0.5, 0.6) is 0 Å². The van der Waals surface area contributed by atoms with E-state index in [2.05, 4.69) is 39.8 Å². The number of anilines is 1. The third kappa shape index (κ3) is 3.50. The van der Waals surface area contributed by atoms with Gasteiger partial charge in [-0.3, -0.25) is 19.6 Å². The Labute approximate surface area is 180 Å². The fraction of sp³-hybridized carbons (Fsp3) is 0.0526. The molecule has 0 spiro atoms. The van der Waals surface area contributed by atoms with Gasteiger partial charge >= 0.3 is 0 Å². The van der Waals surface area contributed by atoms with Crippen LogP contribution in [0.1, 0.15) is 10.4 Å². The molecule has 0 radical (unpaired) electrons. The molecule has 0 atom stereocenters. The van der Waals surface area contributed by atoms with Crippen LogP contribution in [0.3, 0.4) is 0 Å². The number of nitrogens with zero attached hydrogens (tertiary/aromatic N) is 5. The van der Waals surface area contributed by atoms with E-state index in [0.29, 0.717) is 50.5 Å². The number of primary amides is 1. The van der Waals surface area contributed by atoms with Gasteiger partial charge in [0.05, 0.1) is 29.1 Å². The number of amides is 1. The quantitative estimate of drug-likeness (QED) is 0.310. The molecule has 5 rings (SSSR count). The van der Waals surface area contributed by atoms with Crippen LogP contribution in [0.2, 0.25) is 0 Å². The highest BCUT2D eigenvalue weighted by Crippen LogP contribution is 2.30. The molecule has 0 aliphatic heterocycles. The Morgan fingerprint density at radius 3 is 2.69 bits per heavy atom. The van der Waals surface area contributed by atoms with Gasteiger partial charge in [-0.05, 0) is 18.2 Å². The van der Waals surface area contributed by atoms with E-state index in [1.54, 1.807) is 18.5 Å². The van der Waals surface area contributed by atoms with Gasteiger partial charge in [-0.15, -0.1) is 0 Å². The molecular formula is C19H15N9O3S. The normalized spacial score (nSPS) is 11.8. The first kappa shape index (κ1) is 19.6. The fourth-order valence-corrected chi connectivity index (χ4v) is 3.87. The predicted molar refractivity (Wildman–Crippen MR) is 117 cm³/mol. The largest absolute Gasteiger partial charge is 0.366 e. The lowest BCUT2D eigenvalue weighted by atomic mass is 10.1. The van der Waals surface area contributed by atoms with Crippen molar-refractivity contribution in [3.05, 3.63) is 48.5 Å². The lowest BCUT2D eigenvalue weighted by Gasteiger charge is -2.06. The van der Waals surface area contributed by atoms with E-state index in [0.717, 1.165) is 6.26 Å². The zero-order valence-corrected chi connectivity index (χ0v) is 17.3. The zero-order chi connectivity index (χ0) is 22.5. The van der Waals surface area contributed by atoms with E-state index in [9.17, 15) is 13.2 Å². The molecule has 5 heterocycles. The molecule has 0 unspecified atom stereocenters. The summed E-state index contributed by atoms with van der Waals surface area (Å²) in [5.74, 6) is -0.224. The van der Waals surface area contributed by atoms with Crippen LogP contribution in [0.4, 0.5) is 5.69 Å². The van der Waals surface area contributed by atoms with Gasteiger partial charge in [-0.2, -0.15) is 5.10 Å². The molecule has 5 N–H and O–H groups in total. The summed E-state index contributed by atoms with van der Waals surface area (Å²) >= 11 is 0. The van der Waals surface area contributed by atoms with Gasteiger partial charge in [-0.1, -0.05) is 0 Å². The highest BCUT2D eigenvalue weighted by atomic mass is 32.2. The van der Waals surface area contributed by atoms with Crippen LogP contribution in [-0.4, -0.2) is 55.7 Å². The second-order valence-corrected chi connectivity index (χ2v) is 8.78. The number of hydrogen-bond acceptors (Lipinski definition) is 8. The first-order valence-electron chi connectivity index (χ1n) is 9.21. The molecule has 1 amide bonds. The summed E-state index contributed by atoms with van der Waals surface area (Å²) in [5, 5.41) is 7.81. The molecule has 0 aliphatic rings. The van der Waals surface area contributed by atoms with Crippen molar-refractivity contribution >= 4 is 43.8 Å². The van der Waals surface area contributed by atoms with Crippen molar-refractivity contribution in [2.24, 2.45) is 5.73 Å². The van der Waals surface area contributed by atoms with Crippen molar-refractivity contribution in [1.82, 2.24) is 35.1 Å². The molecule has 0 aliphatic carbocycles. The van der Waals surface area contributed by atoms with E-state index < -0.39 is 15.9 Å². The van der Waals surface area contributed by atoms with Crippen molar-refractivity contribution < 1.29 is 13.2 Å². The van der Waals surface area contributed by atoms with Crippen LogP contribution in [0.15, 0.2) is 43.0 Å². The highest BCUT2D eigenvalue weighted by Gasteiger charge is 2.18. The molecule has 0 aromatic carbocycles. The van der Waals surface area contributed by atoms with E-state index in [4.69, 9.17) is 5.73 Å². The number of aromatic amines is 2. The number of hydrogen-bond donors (Lipinski definition) is 4. The number of aromatic nitrogens is 7. The van der Waals surface area contributed by atoms with E-state index in [-0.39, 0.29) is 5.56 Å². The number of nitrogens with two attached hydrogens (primary N) is 1. The Bertz CT molecular complexity index is 1620. The molecule has 0 bridgehead atoms. The highest BCUT2D eigenvalue weighted by molar-refractivity contribution is 7.92. The van der Waals surface area contributed by atoms with Crippen LogP contribution < -0.4 is 10.5 Å². The Morgan fingerprint density at radius 2 is 1.91 bits per heavy atom. The smallest absolute Gasteiger partial charge is 0.251 e. The maximum absolute atomic E-state index is 11.7. The number of carbonyl (C=O) groups excluding carboxylic acids is 1. The third-order valence-corrected chi connectivity index (χ3v) is 5.27. The number of H-pyrrole nitrogens is 2. The minimum Gasteiger partial charge on any atom is -0.366 e. The first-order chi connectivity index (χ1) is 15.3. The van der Waals surface area contributed by atoms with Crippen molar-refractivity contribution in [1.29, 1.82) is 0 Å². The molecular weight excluding hydrogens is 434 g/mol. The minimum absolute atomic E-state index is 0.248. The topological polar surface area (TPSA) is 185 Å². The standard InChI is InChI=1S/C19H15N9O3S/c1-32(30,31)28-11-4-9(6-21-8-11)10-5-13-15(26-27-17(13)23-7-10)19-24-14-12(16(20)29)2-3-22-18(14)25-19/h2-8,28H,1H3,(H2,20,29)(H,22,24,25)(H,23,26,27). The molecule has 0 saturated heterocycles. The SMILES string of the molecule is CS(=O)(=O)Nc1cncc(-c2cnc3[nH]nc(-c4nc5c(C(N)=O)ccnc5[nH]4)c3c2)c1. The summed E-state index contributed by atoms with van der Waals surface area (Å²) < 4.78 is 25.4. The molecule has 0 saturated carbocycles. The summed E-state index contributed by atoms with van der Waals surface area (Å²) in [5.41, 5.74) is 9.10. The van der Waals surface area contributed by atoms with Gasteiger partial charge in [-0.25, -0.2) is 23.4 Å². The predicted octanol–water partition coefficient (Wildman–Crippen LogP) is 1.43. The molecule has 5 aromatic rings. The number of carbonyl (C=O) groups is 1. The second kappa shape index (κ2) is 7.09. The van der Waals surface area contributed by atoms with Crippen LogP contribution >= 0.6 is 0 Å². The number of pyridine rings is 3. The Hall–Kier alpha value is -4.39. The molecule has 12 nitrogen and oxygen atoms in total. The van der Waals surface area contributed by atoms with E-state index in [1.165, 1.54) is 18.5 Å². The number of nitrogens with one attached hydrogen (secondary N) is 3. The Kier molecular flexibility index (Phi) is 4.34. The average Bonchev–Trinajstić information content (AvgIpc) is 3.35. The maximum Gasteiger partial charge on any atom is 0.251 e. The monoisotopic (exact) mass is 449 g/mol. The molecule has 13 heteroatoms. The van der Waals surface area contributed by atoms with Crippen molar-refractivity contribution in [3.8, 4) is 22.6 Å². The molecule has 32 heavy (non-hydrogen) atoms. The fourth-order valence-electron chi connectivity index (χ4n) is 3.33. The average molecular weight is 449 g/mol. The summed E-state index contributed by atoms with van der Waals surface area (Å²) in [4.78, 5) is 31.9. The van der Waals surface area contributed by atoms with Crippen molar-refractivity contribution in [2.75, 3.05) is 11.0 Å². The van der Waals surface area contributed by atoms with E-state index in [1.807, 2.05) is 6.07 Å². The van der Waals surface area contributed by atoms with E-state index >= 15 is 0 Å². The second-order valence-electron chi connectivity index (χ2n) is 7.03. The van der Waals surface area contributed by atoms with Gasteiger partial charge in [0, 0.05) is 29.7 Å².